The van der Waals surface area contributed by atoms with E-state index in [1.807, 2.05) is 32.9 Å². The molecule has 0 bridgehead atoms. The lowest BCUT2D eigenvalue weighted by atomic mass is 9.90. The molecule has 2 heterocycles. The zero-order valence-electron chi connectivity index (χ0n) is 15.4. The molecule has 2 amide bonds. The van der Waals surface area contributed by atoms with Crippen molar-refractivity contribution in [1.29, 1.82) is 0 Å². The average Bonchev–Trinajstić information content (AvgIpc) is 3.01. The molecule has 1 saturated heterocycles. The maximum absolute atomic E-state index is 12.6. The van der Waals surface area contributed by atoms with E-state index in [0.717, 1.165) is 29.5 Å². The van der Waals surface area contributed by atoms with Crippen molar-refractivity contribution in [3.63, 3.8) is 0 Å². The second-order valence-corrected chi connectivity index (χ2v) is 8.36. The van der Waals surface area contributed by atoms with E-state index >= 15 is 0 Å². The number of halogens is 1. The zero-order valence-corrected chi connectivity index (χ0v) is 16.2. The first-order chi connectivity index (χ1) is 12.2. The monoisotopic (exact) mass is 380 g/mol. The van der Waals surface area contributed by atoms with E-state index in [9.17, 15) is 14.7 Å². The minimum atomic E-state index is -0.923. The van der Waals surface area contributed by atoms with Gasteiger partial charge in [0.05, 0.1) is 6.04 Å². The predicted octanol–water partition coefficient (Wildman–Crippen LogP) is 4.45. The summed E-state index contributed by atoms with van der Waals surface area (Å²) in [4.78, 5) is 27.1. The molecule has 0 saturated carbocycles. The van der Waals surface area contributed by atoms with Gasteiger partial charge in [0.2, 0.25) is 0 Å². The number of ether oxygens (including phenoxy) is 1. The number of amides is 2. The van der Waals surface area contributed by atoms with E-state index in [0.29, 0.717) is 31.1 Å². The van der Waals surface area contributed by atoms with E-state index in [4.69, 9.17) is 16.3 Å². The summed E-state index contributed by atoms with van der Waals surface area (Å²) in [7, 11) is 0. The number of benzene rings is 1. The second-order valence-electron chi connectivity index (χ2n) is 7.92. The van der Waals surface area contributed by atoms with Gasteiger partial charge in [0.25, 0.3) is 0 Å². The topological polar surface area (TPSA) is 70.1 Å². The van der Waals surface area contributed by atoms with Gasteiger partial charge in [0, 0.05) is 24.7 Å². The highest BCUT2D eigenvalue weighted by atomic mass is 35.5. The Morgan fingerprint density at radius 2 is 2.00 bits per heavy atom. The van der Waals surface area contributed by atoms with Crippen LogP contribution in [0.5, 0.6) is 0 Å². The normalized spacial score (nSPS) is 20.1. The molecule has 2 aliphatic heterocycles. The molecule has 1 aromatic carbocycles. The zero-order chi connectivity index (χ0) is 19.1. The average molecular weight is 381 g/mol. The summed E-state index contributed by atoms with van der Waals surface area (Å²) in [6, 6.07) is 3.68. The van der Waals surface area contributed by atoms with Crippen molar-refractivity contribution >= 4 is 23.8 Å². The van der Waals surface area contributed by atoms with E-state index < -0.39 is 11.7 Å². The lowest BCUT2D eigenvalue weighted by molar-refractivity contribution is 0.0223. The van der Waals surface area contributed by atoms with Crippen molar-refractivity contribution in [2.24, 2.45) is 0 Å². The van der Waals surface area contributed by atoms with Crippen molar-refractivity contribution in [2.45, 2.75) is 58.2 Å². The first-order valence-electron chi connectivity index (χ1n) is 8.94. The summed E-state index contributed by atoms with van der Waals surface area (Å²) in [5, 5.41) is 9.83. The Bertz CT molecular complexity index is 729. The fourth-order valence-electron chi connectivity index (χ4n) is 3.78. The summed E-state index contributed by atoms with van der Waals surface area (Å²) in [6.45, 7) is 7.02. The summed E-state index contributed by atoms with van der Waals surface area (Å²) < 4.78 is 5.56. The van der Waals surface area contributed by atoms with Crippen LogP contribution in [0.1, 0.15) is 56.3 Å². The van der Waals surface area contributed by atoms with Crippen LogP contribution in [0.3, 0.4) is 0 Å². The van der Waals surface area contributed by atoms with Crippen LogP contribution in [-0.2, 0) is 17.7 Å². The van der Waals surface area contributed by atoms with Gasteiger partial charge in [0.1, 0.15) is 5.60 Å². The third kappa shape index (κ3) is 3.90. The molecule has 7 heteroatoms. The van der Waals surface area contributed by atoms with Gasteiger partial charge < -0.3 is 19.6 Å². The number of carbonyl (C=O) groups is 2. The van der Waals surface area contributed by atoms with Crippen molar-refractivity contribution < 1.29 is 19.4 Å². The van der Waals surface area contributed by atoms with Gasteiger partial charge in [-0.1, -0.05) is 11.6 Å². The summed E-state index contributed by atoms with van der Waals surface area (Å²) in [5.74, 6) is 0. The highest BCUT2D eigenvalue weighted by Gasteiger charge is 2.35. The number of hydrogen-bond donors (Lipinski definition) is 1. The van der Waals surface area contributed by atoms with Gasteiger partial charge in [-0.15, -0.1) is 0 Å². The molecular formula is C19H25ClN2O4. The van der Waals surface area contributed by atoms with E-state index in [2.05, 4.69) is 0 Å². The number of rotatable bonds is 1. The number of carbonyl (C=O) groups excluding carboxylic acids is 1. The lowest BCUT2D eigenvalue weighted by Crippen LogP contribution is -2.38. The fourth-order valence-corrected chi connectivity index (χ4v) is 4.03. The molecule has 2 aliphatic rings. The SMILES string of the molecule is CC(C)(C)OC(=O)N1CCC[C@H]1c1cc(Cl)cc2c1CCN(C(=O)O)C2. The van der Waals surface area contributed by atoms with Crippen molar-refractivity contribution in [3.8, 4) is 0 Å². The van der Waals surface area contributed by atoms with Gasteiger partial charge in [0.15, 0.2) is 0 Å². The van der Waals surface area contributed by atoms with Gasteiger partial charge in [-0.05, 0) is 68.9 Å². The quantitative estimate of drug-likeness (QED) is 0.781. The number of carboxylic acid groups (broad SMARTS) is 1. The first-order valence-corrected chi connectivity index (χ1v) is 9.32. The third-order valence-electron chi connectivity index (χ3n) is 4.84. The molecule has 0 radical (unpaired) electrons. The van der Waals surface area contributed by atoms with Gasteiger partial charge in [-0.3, -0.25) is 0 Å². The Labute approximate surface area is 158 Å². The fraction of sp³-hybridized carbons (Fsp3) is 0.579. The second kappa shape index (κ2) is 6.99. The first kappa shape index (κ1) is 18.8. The molecule has 1 aromatic rings. The molecule has 26 heavy (non-hydrogen) atoms. The molecule has 3 rings (SSSR count). The van der Waals surface area contributed by atoms with Crippen LogP contribution in [0.4, 0.5) is 9.59 Å². The van der Waals surface area contributed by atoms with Crippen LogP contribution in [0.2, 0.25) is 5.02 Å². The van der Waals surface area contributed by atoms with E-state index in [1.54, 1.807) is 4.90 Å². The van der Waals surface area contributed by atoms with E-state index in [-0.39, 0.29) is 12.1 Å². The standard InChI is InChI=1S/C19H25ClN2O4/c1-19(2,3)26-18(25)22-7-4-5-16(22)15-10-13(20)9-12-11-21(17(23)24)8-6-14(12)15/h9-10,16H,4-8,11H2,1-3H3,(H,23,24)/t16-/m0/s1. The number of likely N-dealkylation sites (tertiary alicyclic amines) is 1. The molecular weight excluding hydrogens is 356 g/mol. The molecule has 1 atom stereocenters. The Hall–Kier alpha value is -1.95. The maximum atomic E-state index is 12.6. The van der Waals surface area contributed by atoms with Crippen molar-refractivity contribution in [2.75, 3.05) is 13.1 Å². The number of fused-ring (bicyclic) bond motifs is 1. The Kier molecular flexibility index (Phi) is 5.06. The van der Waals surface area contributed by atoms with Crippen LogP contribution in [0, 0.1) is 0 Å². The van der Waals surface area contributed by atoms with Gasteiger partial charge in [-0.2, -0.15) is 0 Å². The van der Waals surface area contributed by atoms with Crippen LogP contribution in [0.15, 0.2) is 12.1 Å². The number of hydrogen-bond acceptors (Lipinski definition) is 3. The van der Waals surface area contributed by atoms with Crippen LogP contribution in [0.25, 0.3) is 0 Å². The molecule has 0 aliphatic carbocycles. The summed E-state index contributed by atoms with van der Waals surface area (Å²) >= 11 is 6.32. The molecule has 1 fully saturated rings. The van der Waals surface area contributed by atoms with Crippen molar-refractivity contribution in [3.05, 3.63) is 33.8 Å². The molecule has 0 unspecified atom stereocenters. The molecule has 0 aromatic heterocycles. The minimum Gasteiger partial charge on any atom is -0.465 e. The minimum absolute atomic E-state index is 0.0753. The highest BCUT2D eigenvalue weighted by Crippen LogP contribution is 2.39. The highest BCUT2D eigenvalue weighted by molar-refractivity contribution is 6.30. The van der Waals surface area contributed by atoms with E-state index in [1.165, 1.54) is 4.90 Å². The lowest BCUT2D eigenvalue weighted by Gasteiger charge is -2.33. The molecule has 142 valence electrons. The molecule has 6 nitrogen and oxygen atoms in total. The number of nitrogens with zero attached hydrogens (tertiary/aromatic N) is 2. The molecule has 0 spiro atoms. The smallest absolute Gasteiger partial charge is 0.410 e. The molecule has 1 N–H and O–H groups in total. The van der Waals surface area contributed by atoms with Crippen LogP contribution >= 0.6 is 11.6 Å². The Balaban J connectivity index is 1.91. The maximum Gasteiger partial charge on any atom is 0.410 e. The Morgan fingerprint density at radius 1 is 1.27 bits per heavy atom. The summed E-state index contributed by atoms with van der Waals surface area (Å²) in [6.07, 6.45) is 1.17. The van der Waals surface area contributed by atoms with Crippen LogP contribution < -0.4 is 0 Å². The van der Waals surface area contributed by atoms with Crippen molar-refractivity contribution in [1.82, 2.24) is 9.80 Å². The van der Waals surface area contributed by atoms with Gasteiger partial charge in [-0.25, -0.2) is 9.59 Å². The largest absolute Gasteiger partial charge is 0.465 e. The van der Waals surface area contributed by atoms with Gasteiger partial charge >= 0.3 is 12.2 Å². The summed E-state index contributed by atoms with van der Waals surface area (Å²) in [5.41, 5.74) is 2.53. The third-order valence-corrected chi connectivity index (χ3v) is 5.06. The predicted molar refractivity (Wildman–Crippen MR) is 98.5 cm³/mol. The van der Waals surface area contributed by atoms with Crippen LogP contribution in [-0.4, -0.2) is 45.8 Å². The Morgan fingerprint density at radius 3 is 2.65 bits per heavy atom.